The van der Waals surface area contributed by atoms with E-state index in [-0.39, 0.29) is 26.5 Å². The number of carbonyl (C=O) groups is 1. The van der Waals surface area contributed by atoms with Gasteiger partial charge in [0.15, 0.2) is 0 Å². The normalized spacial score (nSPS) is 11.6. The lowest BCUT2D eigenvalue weighted by Gasteiger charge is -2.05. The van der Waals surface area contributed by atoms with Gasteiger partial charge in [0.2, 0.25) is 9.84 Å². The molecule has 0 saturated heterocycles. The number of nitrogens with one attached hydrogen (secondary N) is 1. The summed E-state index contributed by atoms with van der Waals surface area (Å²) in [5.41, 5.74) is 0.123. The topological polar surface area (TPSA) is 100 Å². The number of nitrogens with zero attached hydrogens (tertiary/aromatic N) is 1. The Balaban J connectivity index is 2.28. The van der Waals surface area contributed by atoms with Gasteiger partial charge in [0.1, 0.15) is 11.3 Å². The lowest BCUT2D eigenvalue weighted by molar-refractivity contribution is 0.0691. The van der Waals surface area contributed by atoms with Gasteiger partial charge >= 0.3 is 5.97 Å². The van der Waals surface area contributed by atoms with Gasteiger partial charge in [-0.1, -0.05) is 18.2 Å². The van der Waals surface area contributed by atoms with Gasteiger partial charge < -0.3 is 10.1 Å². The van der Waals surface area contributed by atoms with Gasteiger partial charge in [-0.3, -0.25) is 0 Å². The third kappa shape index (κ3) is 2.17. The molecule has 0 spiro atoms. The molecule has 6 nitrogen and oxygen atoms in total. The number of carboxylic acid groups (broad SMARTS) is 1. The molecule has 0 atom stereocenters. The fourth-order valence-corrected chi connectivity index (χ4v) is 3.53. The molecule has 0 aliphatic carbocycles. The van der Waals surface area contributed by atoms with Crippen LogP contribution in [0.4, 0.5) is 0 Å². The molecule has 0 amide bonds. The van der Waals surface area contributed by atoms with Gasteiger partial charge in [-0.15, -0.1) is 0 Å². The molecule has 21 heavy (non-hydrogen) atoms. The summed E-state index contributed by atoms with van der Waals surface area (Å²) in [5.74, 6) is -1.17. The van der Waals surface area contributed by atoms with Crippen molar-refractivity contribution >= 4 is 26.8 Å². The van der Waals surface area contributed by atoms with Crippen molar-refractivity contribution in [3.63, 3.8) is 0 Å². The third-order valence-corrected chi connectivity index (χ3v) is 4.89. The first kappa shape index (κ1) is 13.3. The predicted molar refractivity (Wildman–Crippen MR) is 74.9 cm³/mol. The van der Waals surface area contributed by atoms with Crippen molar-refractivity contribution in [2.24, 2.45) is 0 Å². The summed E-state index contributed by atoms with van der Waals surface area (Å²) in [5, 5.41) is 9.25. The lowest BCUT2D eigenvalue weighted by atomic mass is 10.3. The molecule has 0 bridgehead atoms. The minimum absolute atomic E-state index is 0.0300. The summed E-state index contributed by atoms with van der Waals surface area (Å²) >= 11 is 0. The number of pyridine rings is 1. The average Bonchev–Trinajstić information content (AvgIpc) is 2.92. The number of aromatic nitrogens is 2. The van der Waals surface area contributed by atoms with Crippen LogP contribution >= 0.6 is 0 Å². The second-order valence-electron chi connectivity index (χ2n) is 4.38. The van der Waals surface area contributed by atoms with E-state index in [1.807, 2.05) is 0 Å². The Bertz CT molecular complexity index is 930. The smallest absolute Gasteiger partial charge is 0.352 e. The van der Waals surface area contributed by atoms with E-state index in [4.69, 9.17) is 5.11 Å². The van der Waals surface area contributed by atoms with Gasteiger partial charge in [-0.05, 0) is 24.3 Å². The first-order chi connectivity index (χ1) is 10.00. The van der Waals surface area contributed by atoms with Gasteiger partial charge in [0.05, 0.1) is 9.79 Å². The first-order valence-electron chi connectivity index (χ1n) is 6.01. The highest BCUT2D eigenvalue weighted by Gasteiger charge is 2.22. The van der Waals surface area contributed by atoms with Crippen LogP contribution in [-0.4, -0.2) is 29.5 Å². The molecule has 3 rings (SSSR count). The van der Waals surface area contributed by atoms with Crippen LogP contribution in [0.15, 0.2) is 58.5 Å². The SMILES string of the molecule is O=C(O)c1cc2c(S(=O)(=O)c3ccccc3)ccnc2[nH]1. The largest absolute Gasteiger partial charge is 0.477 e. The number of aromatic carboxylic acids is 1. The van der Waals surface area contributed by atoms with E-state index in [9.17, 15) is 13.2 Å². The maximum Gasteiger partial charge on any atom is 0.352 e. The van der Waals surface area contributed by atoms with E-state index < -0.39 is 15.8 Å². The molecule has 0 aliphatic heterocycles. The Hall–Kier alpha value is -2.67. The molecule has 2 heterocycles. The lowest BCUT2D eigenvalue weighted by Crippen LogP contribution is -2.02. The Labute approximate surface area is 120 Å². The molecule has 106 valence electrons. The van der Waals surface area contributed by atoms with E-state index >= 15 is 0 Å². The quantitative estimate of drug-likeness (QED) is 0.771. The molecule has 2 aromatic heterocycles. The van der Waals surface area contributed by atoms with E-state index in [1.165, 1.54) is 30.5 Å². The summed E-state index contributed by atoms with van der Waals surface area (Å²) < 4.78 is 25.3. The van der Waals surface area contributed by atoms with Crippen molar-refractivity contribution in [3.05, 3.63) is 54.4 Å². The number of H-pyrrole nitrogens is 1. The van der Waals surface area contributed by atoms with Crippen molar-refractivity contribution in [2.75, 3.05) is 0 Å². The molecule has 0 radical (unpaired) electrons. The highest BCUT2D eigenvalue weighted by molar-refractivity contribution is 7.91. The van der Waals surface area contributed by atoms with Gasteiger partial charge in [0.25, 0.3) is 0 Å². The highest BCUT2D eigenvalue weighted by Crippen LogP contribution is 2.27. The number of aromatic amines is 1. The zero-order valence-electron chi connectivity index (χ0n) is 10.6. The Morgan fingerprint density at radius 3 is 2.52 bits per heavy atom. The molecular weight excluding hydrogens is 292 g/mol. The summed E-state index contributed by atoms with van der Waals surface area (Å²) in [6.07, 6.45) is 1.33. The van der Waals surface area contributed by atoms with Crippen molar-refractivity contribution < 1.29 is 18.3 Å². The van der Waals surface area contributed by atoms with Crippen LogP contribution in [0.5, 0.6) is 0 Å². The van der Waals surface area contributed by atoms with Crippen LogP contribution in [0.3, 0.4) is 0 Å². The van der Waals surface area contributed by atoms with Crippen LogP contribution < -0.4 is 0 Å². The van der Waals surface area contributed by atoms with Crippen molar-refractivity contribution in [3.8, 4) is 0 Å². The number of hydrogen-bond donors (Lipinski definition) is 2. The zero-order valence-corrected chi connectivity index (χ0v) is 11.5. The van der Waals surface area contributed by atoms with E-state index in [1.54, 1.807) is 18.2 Å². The Kier molecular flexibility index (Phi) is 2.99. The minimum atomic E-state index is -3.73. The molecule has 0 saturated carbocycles. The third-order valence-electron chi connectivity index (χ3n) is 3.07. The fraction of sp³-hybridized carbons (Fsp3) is 0. The number of sulfone groups is 1. The molecular formula is C14H10N2O4S. The number of rotatable bonds is 3. The summed E-state index contributed by atoms with van der Waals surface area (Å²) in [6, 6.07) is 10.6. The number of hydrogen-bond acceptors (Lipinski definition) is 4. The second-order valence-corrected chi connectivity index (χ2v) is 6.29. The van der Waals surface area contributed by atoms with Gasteiger partial charge in [-0.25, -0.2) is 18.2 Å². The average molecular weight is 302 g/mol. The predicted octanol–water partition coefficient (Wildman–Crippen LogP) is 2.09. The van der Waals surface area contributed by atoms with Crippen molar-refractivity contribution in [1.82, 2.24) is 9.97 Å². The molecule has 1 aromatic carbocycles. The van der Waals surface area contributed by atoms with E-state index in [0.717, 1.165) is 0 Å². The molecule has 7 heteroatoms. The molecule has 0 unspecified atom stereocenters. The first-order valence-corrected chi connectivity index (χ1v) is 7.49. The van der Waals surface area contributed by atoms with Crippen molar-refractivity contribution in [1.29, 1.82) is 0 Å². The monoisotopic (exact) mass is 302 g/mol. The summed E-state index contributed by atoms with van der Waals surface area (Å²) in [6.45, 7) is 0. The van der Waals surface area contributed by atoms with Crippen LogP contribution in [0.1, 0.15) is 10.5 Å². The van der Waals surface area contributed by atoms with Gasteiger partial charge in [0, 0.05) is 11.6 Å². The number of carboxylic acids is 1. The molecule has 3 aromatic rings. The minimum Gasteiger partial charge on any atom is -0.477 e. The Morgan fingerprint density at radius 1 is 1.14 bits per heavy atom. The molecule has 2 N–H and O–H groups in total. The number of benzene rings is 1. The standard InChI is InChI=1S/C14H10N2O4S/c17-14(18)11-8-10-12(6-7-15-13(10)16-11)21(19,20)9-4-2-1-3-5-9/h1-8H,(H,15,16)(H,17,18). The van der Waals surface area contributed by atoms with Crippen LogP contribution in [0, 0.1) is 0 Å². The highest BCUT2D eigenvalue weighted by atomic mass is 32.2. The van der Waals surface area contributed by atoms with Crippen LogP contribution in [0.2, 0.25) is 0 Å². The second kappa shape index (κ2) is 4.71. The number of fused-ring (bicyclic) bond motifs is 1. The maximum absolute atomic E-state index is 12.6. The van der Waals surface area contributed by atoms with Crippen LogP contribution in [-0.2, 0) is 9.84 Å². The summed E-state index contributed by atoms with van der Waals surface area (Å²) in [7, 11) is -3.73. The van der Waals surface area contributed by atoms with E-state index in [0.29, 0.717) is 0 Å². The Morgan fingerprint density at radius 2 is 1.86 bits per heavy atom. The van der Waals surface area contributed by atoms with E-state index in [2.05, 4.69) is 9.97 Å². The van der Waals surface area contributed by atoms with Crippen molar-refractivity contribution in [2.45, 2.75) is 9.79 Å². The molecule has 0 aliphatic rings. The molecule has 0 fully saturated rings. The summed E-state index contributed by atoms with van der Waals surface area (Å²) in [4.78, 5) is 17.7. The fourth-order valence-electron chi connectivity index (χ4n) is 2.08. The zero-order chi connectivity index (χ0) is 15.0. The maximum atomic E-state index is 12.6. The van der Waals surface area contributed by atoms with Crippen LogP contribution in [0.25, 0.3) is 11.0 Å². The van der Waals surface area contributed by atoms with Gasteiger partial charge in [-0.2, -0.15) is 0 Å².